The molecule has 0 unspecified atom stereocenters. The van der Waals surface area contributed by atoms with E-state index in [0.717, 1.165) is 0 Å². The summed E-state index contributed by atoms with van der Waals surface area (Å²) in [6.45, 7) is 0.513. The second kappa shape index (κ2) is 6.59. The first-order valence-corrected chi connectivity index (χ1v) is 7.59. The molecule has 0 aliphatic carbocycles. The van der Waals surface area contributed by atoms with Crippen LogP contribution < -0.4 is 5.73 Å². The summed E-state index contributed by atoms with van der Waals surface area (Å²) in [6, 6.07) is 31.7. The van der Waals surface area contributed by atoms with E-state index in [1.165, 1.54) is 16.7 Å². The van der Waals surface area contributed by atoms with Crippen molar-refractivity contribution in [3.63, 3.8) is 0 Å². The Labute approximate surface area is 132 Å². The normalized spacial score (nSPS) is 11.3. The van der Waals surface area contributed by atoms with Crippen molar-refractivity contribution in [1.29, 1.82) is 0 Å². The minimum atomic E-state index is -0.321. The Kier molecular flexibility index (Phi) is 4.36. The molecule has 1 radical (unpaired) electrons. The Hall–Kier alpha value is -2.38. The maximum atomic E-state index is 5.97. The van der Waals surface area contributed by atoms with Gasteiger partial charge in [0.2, 0.25) is 0 Å². The predicted octanol–water partition coefficient (Wildman–Crippen LogP) is 4.18. The molecule has 0 saturated heterocycles. The molecule has 22 heavy (non-hydrogen) atoms. The van der Waals surface area contributed by atoms with Crippen LogP contribution in [0.4, 0.5) is 0 Å². The van der Waals surface area contributed by atoms with Gasteiger partial charge in [-0.25, -0.2) is 0 Å². The minimum Gasteiger partial charge on any atom is -0.330 e. The zero-order chi connectivity index (χ0) is 15.3. The third kappa shape index (κ3) is 2.56. The summed E-state index contributed by atoms with van der Waals surface area (Å²) in [4.78, 5) is 0. The molecule has 3 aromatic rings. The van der Waals surface area contributed by atoms with Gasteiger partial charge in [0, 0.05) is 5.41 Å². The molecule has 0 heterocycles. The Bertz CT molecular complexity index is 593. The maximum absolute atomic E-state index is 5.97. The van der Waals surface area contributed by atoms with Gasteiger partial charge in [0.1, 0.15) is 0 Å². The maximum Gasteiger partial charge on any atom is 0.0495 e. The number of hydrogen-bond donors (Lipinski definition) is 1. The van der Waals surface area contributed by atoms with E-state index in [2.05, 4.69) is 79.2 Å². The van der Waals surface area contributed by atoms with Crippen LogP contribution in [-0.4, -0.2) is 6.54 Å². The third-order valence-electron chi connectivity index (χ3n) is 4.11. The first-order chi connectivity index (χ1) is 10.9. The highest BCUT2D eigenvalue weighted by atomic mass is 14.5. The van der Waals surface area contributed by atoms with E-state index >= 15 is 0 Å². The van der Waals surface area contributed by atoms with Gasteiger partial charge in [-0.05, 0) is 29.7 Å². The van der Waals surface area contributed by atoms with Crippen molar-refractivity contribution in [2.75, 3.05) is 6.54 Å². The first-order valence-electron chi connectivity index (χ1n) is 7.59. The molecule has 0 aliphatic heterocycles. The van der Waals surface area contributed by atoms with Crippen molar-refractivity contribution < 1.29 is 0 Å². The molecule has 109 valence electrons. The van der Waals surface area contributed by atoms with E-state index in [1.54, 1.807) is 0 Å². The molecule has 0 saturated carbocycles. The largest absolute Gasteiger partial charge is 0.330 e. The third-order valence-corrected chi connectivity index (χ3v) is 4.11. The summed E-state index contributed by atoms with van der Waals surface area (Å²) >= 11 is 0. The number of rotatable bonds is 5. The lowest BCUT2D eigenvalue weighted by atomic mass is 9.67. The smallest absolute Gasteiger partial charge is 0.0495 e. The Morgan fingerprint density at radius 2 is 0.909 bits per heavy atom. The summed E-state index contributed by atoms with van der Waals surface area (Å²) in [5.41, 5.74) is 9.35. The van der Waals surface area contributed by atoms with Crippen LogP contribution in [0, 0.1) is 6.42 Å². The van der Waals surface area contributed by atoms with E-state index in [-0.39, 0.29) is 5.41 Å². The highest BCUT2D eigenvalue weighted by Crippen LogP contribution is 2.41. The molecule has 0 fully saturated rings. The number of nitrogens with two attached hydrogens (primary N) is 1. The second-order valence-corrected chi connectivity index (χ2v) is 5.35. The molecule has 0 spiro atoms. The van der Waals surface area contributed by atoms with Gasteiger partial charge in [0.15, 0.2) is 0 Å². The van der Waals surface area contributed by atoms with Crippen molar-refractivity contribution in [3.8, 4) is 0 Å². The fourth-order valence-electron chi connectivity index (χ4n) is 3.13. The summed E-state index contributed by atoms with van der Waals surface area (Å²) in [6.07, 6.45) is 2.20. The van der Waals surface area contributed by atoms with Gasteiger partial charge in [-0.3, -0.25) is 0 Å². The molecule has 0 bridgehead atoms. The minimum absolute atomic E-state index is 0.321. The van der Waals surface area contributed by atoms with Gasteiger partial charge in [-0.1, -0.05) is 91.0 Å². The molecule has 0 amide bonds. The highest BCUT2D eigenvalue weighted by Gasteiger charge is 2.35. The van der Waals surface area contributed by atoms with Crippen LogP contribution in [0.3, 0.4) is 0 Å². The lowest BCUT2D eigenvalue weighted by Gasteiger charge is -2.35. The SMILES string of the molecule is NC[CH]C(c1ccccc1)(c1ccccc1)c1ccccc1. The molecule has 2 N–H and O–H groups in total. The van der Waals surface area contributed by atoms with Gasteiger partial charge >= 0.3 is 0 Å². The molecule has 1 nitrogen and oxygen atoms in total. The average Bonchev–Trinajstić information content (AvgIpc) is 2.62. The van der Waals surface area contributed by atoms with E-state index in [9.17, 15) is 0 Å². The van der Waals surface area contributed by atoms with E-state index < -0.39 is 0 Å². The summed E-state index contributed by atoms with van der Waals surface area (Å²) < 4.78 is 0. The Morgan fingerprint density at radius 3 is 1.18 bits per heavy atom. The molecule has 0 aromatic heterocycles. The van der Waals surface area contributed by atoms with E-state index in [0.29, 0.717) is 6.54 Å². The lowest BCUT2D eigenvalue weighted by molar-refractivity contribution is 0.698. The van der Waals surface area contributed by atoms with Crippen LogP contribution in [0.5, 0.6) is 0 Å². The van der Waals surface area contributed by atoms with Crippen molar-refractivity contribution in [2.45, 2.75) is 5.41 Å². The van der Waals surface area contributed by atoms with Crippen LogP contribution in [-0.2, 0) is 5.41 Å². The molecule has 0 aliphatic rings. The van der Waals surface area contributed by atoms with E-state index in [1.807, 2.05) is 18.2 Å². The monoisotopic (exact) mass is 286 g/mol. The molecular formula is C21H20N. The van der Waals surface area contributed by atoms with Crippen molar-refractivity contribution in [1.82, 2.24) is 0 Å². The zero-order valence-corrected chi connectivity index (χ0v) is 12.5. The van der Waals surface area contributed by atoms with Crippen molar-refractivity contribution in [2.24, 2.45) is 5.73 Å². The predicted molar refractivity (Wildman–Crippen MR) is 92.6 cm³/mol. The van der Waals surface area contributed by atoms with Crippen molar-refractivity contribution in [3.05, 3.63) is 114 Å². The zero-order valence-electron chi connectivity index (χ0n) is 12.5. The molecule has 3 rings (SSSR count). The second-order valence-electron chi connectivity index (χ2n) is 5.35. The van der Waals surface area contributed by atoms with Crippen LogP contribution in [0.25, 0.3) is 0 Å². The Morgan fingerprint density at radius 1 is 0.591 bits per heavy atom. The first kappa shape index (κ1) is 14.6. The van der Waals surface area contributed by atoms with Crippen LogP contribution in [0.2, 0.25) is 0 Å². The summed E-state index contributed by atoms with van der Waals surface area (Å²) in [7, 11) is 0. The van der Waals surface area contributed by atoms with Gasteiger partial charge in [0.05, 0.1) is 0 Å². The van der Waals surface area contributed by atoms with Gasteiger partial charge in [-0.15, -0.1) is 0 Å². The van der Waals surface area contributed by atoms with E-state index in [4.69, 9.17) is 5.73 Å². The highest BCUT2D eigenvalue weighted by molar-refractivity contribution is 5.53. The lowest BCUT2D eigenvalue weighted by Crippen LogP contribution is -2.32. The standard InChI is InChI=1S/C21H20N/c22-17-16-21(18-10-4-1-5-11-18,19-12-6-2-7-13-19)20-14-8-3-9-15-20/h1-16H,17,22H2. The summed E-state index contributed by atoms with van der Waals surface area (Å²) in [5.74, 6) is 0. The quantitative estimate of drug-likeness (QED) is 0.699. The van der Waals surface area contributed by atoms with Crippen LogP contribution in [0.1, 0.15) is 16.7 Å². The van der Waals surface area contributed by atoms with Gasteiger partial charge in [0.25, 0.3) is 0 Å². The Balaban J connectivity index is 2.29. The fourth-order valence-corrected chi connectivity index (χ4v) is 3.13. The van der Waals surface area contributed by atoms with Crippen LogP contribution in [0.15, 0.2) is 91.0 Å². The molecular weight excluding hydrogens is 266 g/mol. The number of hydrogen-bond acceptors (Lipinski definition) is 1. The van der Waals surface area contributed by atoms with Crippen LogP contribution >= 0.6 is 0 Å². The molecule has 1 heteroatoms. The average molecular weight is 286 g/mol. The molecule has 3 aromatic carbocycles. The molecule has 0 atom stereocenters. The summed E-state index contributed by atoms with van der Waals surface area (Å²) in [5, 5.41) is 0. The fraction of sp³-hybridized carbons (Fsp3) is 0.0952. The van der Waals surface area contributed by atoms with Gasteiger partial charge < -0.3 is 5.73 Å². The van der Waals surface area contributed by atoms with Crippen molar-refractivity contribution >= 4 is 0 Å². The topological polar surface area (TPSA) is 26.0 Å². The van der Waals surface area contributed by atoms with Gasteiger partial charge in [-0.2, -0.15) is 0 Å². The number of benzene rings is 3.